The van der Waals surface area contributed by atoms with E-state index < -0.39 is 0 Å². The van der Waals surface area contributed by atoms with Gasteiger partial charge in [-0.3, -0.25) is 0 Å². The molecule has 0 unspecified atom stereocenters. The van der Waals surface area contributed by atoms with Crippen molar-refractivity contribution in [3.8, 4) is 5.75 Å². The molecule has 3 aromatic rings. The third kappa shape index (κ3) is 2.37. The minimum Gasteiger partial charge on any atom is -0.489 e. The van der Waals surface area contributed by atoms with Crippen LogP contribution in [0.5, 0.6) is 5.75 Å². The smallest absolute Gasteiger partial charge is 0.125 e. The number of hydrogen-bond acceptors (Lipinski definition) is 1. The second-order valence-corrected chi connectivity index (χ2v) is 4.67. The van der Waals surface area contributed by atoms with E-state index in [1.165, 1.54) is 24.3 Å². The molecule has 4 heteroatoms. The van der Waals surface area contributed by atoms with Gasteiger partial charge in [0.25, 0.3) is 0 Å². The van der Waals surface area contributed by atoms with Gasteiger partial charge in [0.1, 0.15) is 24.0 Å². The van der Waals surface area contributed by atoms with Crippen LogP contribution in [-0.2, 0) is 13.7 Å². The molecule has 2 nitrogen and oxygen atoms in total. The Kier molecular flexibility index (Phi) is 3.14. The standard InChI is InChI=1S/C16H13F2NO/c1-19-9-11(15-7-4-13(18)8-16(15)19)10-20-14-5-2-12(17)3-6-14/h2-9H,10H2,1H3. The number of aryl methyl sites for hydroxylation is 1. The topological polar surface area (TPSA) is 14.2 Å². The van der Waals surface area contributed by atoms with E-state index in [1.54, 1.807) is 18.2 Å². The molecule has 0 saturated heterocycles. The lowest BCUT2D eigenvalue weighted by molar-refractivity contribution is 0.307. The summed E-state index contributed by atoms with van der Waals surface area (Å²) in [6.07, 6.45) is 1.91. The van der Waals surface area contributed by atoms with Gasteiger partial charge in [0.2, 0.25) is 0 Å². The van der Waals surface area contributed by atoms with Crippen molar-refractivity contribution in [2.45, 2.75) is 6.61 Å². The van der Waals surface area contributed by atoms with Crippen LogP contribution >= 0.6 is 0 Å². The van der Waals surface area contributed by atoms with Crippen LogP contribution in [0.2, 0.25) is 0 Å². The quantitative estimate of drug-likeness (QED) is 0.702. The first kappa shape index (κ1) is 12.7. The van der Waals surface area contributed by atoms with E-state index in [0.717, 1.165) is 16.5 Å². The fraction of sp³-hybridized carbons (Fsp3) is 0.125. The maximum absolute atomic E-state index is 13.2. The van der Waals surface area contributed by atoms with Crippen LogP contribution in [0.3, 0.4) is 0 Å². The summed E-state index contributed by atoms with van der Waals surface area (Å²) in [6, 6.07) is 10.6. The van der Waals surface area contributed by atoms with E-state index in [-0.39, 0.29) is 11.6 Å². The molecule has 102 valence electrons. The van der Waals surface area contributed by atoms with Crippen molar-refractivity contribution in [1.82, 2.24) is 4.57 Å². The van der Waals surface area contributed by atoms with Gasteiger partial charge in [-0.15, -0.1) is 0 Å². The summed E-state index contributed by atoms with van der Waals surface area (Å²) >= 11 is 0. The second-order valence-electron chi connectivity index (χ2n) is 4.67. The average Bonchev–Trinajstić information content (AvgIpc) is 2.74. The van der Waals surface area contributed by atoms with E-state index in [4.69, 9.17) is 4.74 Å². The molecule has 0 spiro atoms. The van der Waals surface area contributed by atoms with Crippen molar-refractivity contribution < 1.29 is 13.5 Å². The lowest BCUT2D eigenvalue weighted by Gasteiger charge is -2.05. The number of benzene rings is 2. The van der Waals surface area contributed by atoms with Gasteiger partial charge in [0, 0.05) is 24.2 Å². The highest BCUT2D eigenvalue weighted by molar-refractivity contribution is 5.83. The number of nitrogens with zero attached hydrogens (tertiary/aromatic N) is 1. The molecule has 20 heavy (non-hydrogen) atoms. The number of rotatable bonds is 3. The third-order valence-electron chi connectivity index (χ3n) is 3.24. The Hall–Kier alpha value is -2.36. The van der Waals surface area contributed by atoms with Crippen LogP contribution in [0.4, 0.5) is 8.78 Å². The normalized spacial score (nSPS) is 10.9. The minimum absolute atomic E-state index is 0.260. The van der Waals surface area contributed by atoms with Gasteiger partial charge in [-0.05, 0) is 42.5 Å². The summed E-state index contributed by atoms with van der Waals surface area (Å²) < 4.78 is 33.5. The summed E-state index contributed by atoms with van der Waals surface area (Å²) in [5.41, 5.74) is 1.79. The average molecular weight is 273 g/mol. The molecule has 2 aromatic carbocycles. The van der Waals surface area contributed by atoms with Crippen molar-refractivity contribution in [1.29, 1.82) is 0 Å². The van der Waals surface area contributed by atoms with Crippen LogP contribution in [0.15, 0.2) is 48.7 Å². The van der Waals surface area contributed by atoms with Crippen molar-refractivity contribution >= 4 is 10.9 Å². The van der Waals surface area contributed by atoms with E-state index in [1.807, 2.05) is 17.8 Å². The van der Waals surface area contributed by atoms with Crippen molar-refractivity contribution in [2.75, 3.05) is 0 Å². The molecule has 0 aliphatic carbocycles. The highest BCUT2D eigenvalue weighted by atomic mass is 19.1. The predicted octanol–water partition coefficient (Wildman–Crippen LogP) is 4.04. The molecule has 1 heterocycles. The molecule has 0 saturated carbocycles. The largest absolute Gasteiger partial charge is 0.489 e. The van der Waals surface area contributed by atoms with Crippen molar-refractivity contribution in [2.24, 2.45) is 7.05 Å². The predicted molar refractivity (Wildman–Crippen MR) is 73.6 cm³/mol. The number of halogens is 2. The highest BCUT2D eigenvalue weighted by Gasteiger charge is 2.08. The van der Waals surface area contributed by atoms with Crippen LogP contribution in [0, 0.1) is 11.6 Å². The summed E-state index contributed by atoms with van der Waals surface area (Å²) in [5, 5.41) is 0.955. The van der Waals surface area contributed by atoms with E-state index >= 15 is 0 Å². The molecular weight excluding hydrogens is 260 g/mol. The summed E-state index contributed by atoms with van der Waals surface area (Å²) in [6.45, 7) is 0.356. The van der Waals surface area contributed by atoms with Crippen molar-refractivity contribution in [3.63, 3.8) is 0 Å². The Morgan fingerprint density at radius 3 is 2.45 bits per heavy atom. The minimum atomic E-state index is -0.294. The molecule has 0 bridgehead atoms. The third-order valence-corrected chi connectivity index (χ3v) is 3.24. The SMILES string of the molecule is Cn1cc(COc2ccc(F)cc2)c2ccc(F)cc21. The first-order chi connectivity index (χ1) is 9.63. The molecule has 0 aliphatic rings. The summed E-state index contributed by atoms with van der Waals surface area (Å²) in [4.78, 5) is 0. The van der Waals surface area contributed by atoms with E-state index in [0.29, 0.717) is 12.4 Å². The number of hydrogen-bond donors (Lipinski definition) is 0. The maximum Gasteiger partial charge on any atom is 0.125 e. The lowest BCUT2D eigenvalue weighted by atomic mass is 10.2. The van der Waals surface area contributed by atoms with Gasteiger partial charge in [0.15, 0.2) is 0 Å². The van der Waals surface area contributed by atoms with Gasteiger partial charge in [-0.2, -0.15) is 0 Å². The molecule has 0 atom stereocenters. The van der Waals surface area contributed by atoms with Gasteiger partial charge in [-0.25, -0.2) is 8.78 Å². The Balaban J connectivity index is 1.86. The number of ether oxygens (including phenoxy) is 1. The van der Waals surface area contributed by atoms with Crippen LogP contribution in [0.25, 0.3) is 10.9 Å². The summed E-state index contributed by atoms with van der Waals surface area (Å²) in [5.74, 6) is 0.0493. The molecule has 3 rings (SSSR count). The van der Waals surface area contributed by atoms with E-state index in [2.05, 4.69) is 0 Å². The van der Waals surface area contributed by atoms with Gasteiger partial charge in [-0.1, -0.05) is 0 Å². The molecule has 0 aliphatic heterocycles. The first-order valence-corrected chi connectivity index (χ1v) is 6.25. The molecule has 1 aromatic heterocycles. The Labute approximate surface area is 115 Å². The van der Waals surface area contributed by atoms with Gasteiger partial charge in [0.05, 0.1) is 5.52 Å². The zero-order valence-corrected chi connectivity index (χ0v) is 10.9. The first-order valence-electron chi connectivity index (χ1n) is 6.25. The van der Waals surface area contributed by atoms with Crippen LogP contribution in [-0.4, -0.2) is 4.57 Å². The zero-order valence-electron chi connectivity index (χ0n) is 10.9. The Morgan fingerprint density at radius 2 is 1.70 bits per heavy atom. The molecular formula is C16H13F2NO. The van der Waals surface area contributed by atoms with Gasteiger partial charge >= 0.3 is 0 Å². The fourth-order valence-corrected chi connectivity index (χ4v) is 2.25. The Morgan fingerprint density at radius 1 is 1.00 bits per heavy atom. The zero-order chi connectivity index (χ0) is 14.1. The van der Waals surface area contributed by atoms with E-state index in [9.17, 15) is 8.78 Å². The molecule has 0 fully saturated rings. The monoisotopic (exact) mass is 273 g/mol. The van der Waals surface area contributed by atoms with Crippen LogP contribution in [0.1, 0.15) is 5.56 Å². The Bertz CT molecular complexity index is 747. The molecule has 0 radical (unpaired) electrons. The fourth-order valence-electron chi connectivity index (χ4n) is 2.25. The highest BCUT2D eigenvalue weighted by Crippen LogP contribution is 2.23. The van der Waals surface area contributed by atoms with Crippen LogP contribution < -0.4 is 4.74 Å². The maximum atomic E-state index is 13.2. The van der Waals surface area contributed by atoms with Gasteiger partial charge < -0.3 is 9.30 Å². The number of fused-ring (bicyclic) bond motifs is 1. The summed E-state index contributed by atoms with van der Waals surface area (Å²) in [7, 11) is 1.86. The molecule has 0 N–H and O–H groups in total. The number of aromatic nitrogens is 1. The second kappa shape index (κ2) is 4.96. The van der Waals surface area contributed by atoms with Crippen molar-refractivity contribution in [3.05, 3.63) is 65.9 Å². The molecule has 0 amide bonds. The lowest BCUT2D eigenvalue weighted by Crippen LogP contribution is -1.94.